The lowest BCUT2D eigenvalue weighted by Gasteiger charge is -2.18. The number of rotatable bonds is 5. The molecule has 160 valence electrons. The first-order chi connectivity index (χ1) is 14.5. The highest BCUT2D eigenvalue weighted by Gasteiger charge is 2.33. The van der Waals surface area contributed by atoms with E-state index in [1.54, 1.807) is 6.08 Å². The molecule has 1 fully saturated rings. The van der Waals surface area contributed by atoms with E-state index in [2.05, 4.69) is 26.1 Å². The molecule has 1 heterocycles. The number of benzene rings is 2. The second kappa shape index (κ2) is 8.99. The Labute approximate surface area is 189 Å². The second-order valence-electron chi connectivity index (χ2n) is 7.99. The predicted octanol–water partition coefficient (Wildman–Crippen LogP) is 4.73. The van der Waals surface area contributed by atoms with Crippen LogP contribution in [0.3, 0.4) is 0 Å². The minimum atomic E-state index is -0.519. The summed E-state index contributed by atoms with van der Waals surface area (Å²) in [5.41, 5.74) is 2.44. The van der Waals surface area contributed by atoms with Gasteiger partial charge in [-0.2, -0.15) is 0 Å². The lowest BCUT2D eigenvalue weighted by Crippen LogP contribution is -2.36. The van der Waals surface area contributed by atoms with Crippen LogP contribution in [0.15, 0.2) is 53.4 Å². The maximum Gasteiger partial charge on any atom is 0.269 e. The number of nitrogens with one attached hydrogen (secondary N) is 1. The highest BCUT2D eigenvalue weighted by atomic mass is 32.2. The molecule has 1 saturated heterocycles. The van der Waals surface area contributed by atoms with E-state index in [1.165, 1.54) is 34.7 Å². The number of amides is 2. The van der Waals surface area contributed by atoms with E-state index in [1.807, 2.05) is 24.3 Å². The maximum absolute atomic E-state index is 12.7. The number of non-ortho nitro benzene ring substituents is 1. The summed E-state index contributed by atoms with van der Waals surface area (Å²) in [7, 11) is 0. The molecule has 0 spiro atoms. The number of nitro groups is 1. The van der Waals surface area contributed by atoms with Crippen molar-refractivity contribution in [1.82, 2.24) is 4.90 Å². The minimum absolute atomic E-state index is 0.0407. The first-order valence-corrected chi connectivity index (χ1v) is 10.7. The lowest BCUT2D eigenvalue weighted by molar-refractivity contribution is -0.384. The molecule has 0 atom stereocenters. The Morgan fingerprint density at radius 3 is 2.32 bits per heavy atom. The van der Waals surface area contributed by atoms with Crippen LogP contribution in [0.5, 0.6) is 0 Å². The molecule has 7 nitrogen and oxygen atoms in total. The van der Waals surface area contributed by atoms with Crippen molar-refractivity contribution in [2.24, 2.45) is 0 Å². The molecule has 3 rings (SSSR count). The number of nitro benzene ring substituents is 1. The monoisotopic (exact) mass is 455 g/mol. The number of carbonyl (C=O) groups is 2. The maximum atomic E-state index is 12.7. The third kappa shape index (κ3) is 5.56. The number of nitrogens with zero attached hydrogens (tertiary/aromatic N) is 2. The first-order valence-electron chi connectivity index (χ1n) is 9.45. The van der Waals surface area contributed by atoms with Gasteiger partial charge in [0, 0.05) is 17.8 Å². The molecule has 1 aliphatic rings. The van der Waals surface area contributed by atoms with E-state index in [-0.39, 0.29) is 23.6 Å². The van der Waals surface area contributed by atoms with Gasteiger partial charge in [-0.05, 0) is 34.8 Å². The third-order valence-corrected chi connectivity index (χ3v) is 5.99. The van der Waals surface area contributed by atoms with Crippen LogP contribution in [-0.2, 0) is 15.0 Å². The number of anilines is 1. The van der Waals surface area contributed by atoms with Crippen LogP contribution >= 0.6 is 24.0 Å². The van der Waals surface area contributed by atoms with Gasteiger partial charge in [-0.1, -0.05) is 69.0 Å². The van der Waals surface area contributed by atoms with Gasteiger partial charge in [-0.25, -0.2) is 0 Å². The van der Waals surface area contributed by atoms with Gasteiger partial charge < -0.3 is 5.32 Å². The van der Waals surface area contributed by atoms with Crippen molar-refractivity contribution in [3.8, 4) is 0 Å². The fourth-order valence-electron chi connectivity index (χ4n) is 2.88. The zero-order valence-corrected chi connectivity index (χ0v) is 18.9. The number of carbonyl (C=O) groups excluding carboxylic acids is 2. The van der Waals surface area contributed by atoms with Gasteiger partial charge >= 0.3 is 0 Å². The van der Waals surface area contributed by atoms with E-state index in [0.717, 1.165) is 17.3 Å². The molecule has 0 aliphatic carbocycles. The van der Waals surface area contributed by atoms with Crippen LogP contribution in [0, 0.1) is 10.1 Å². The Balaban J connectivity index is 1.66. The largest absolute Gasteiger partial charge is 0.325 e. The Morgan fingerprint density at radius 1 is 1.16 bits per heavy atom. The summed E-state index contributed by atoms with van der Waals surface area (Å²) in [5, 5.41) is 13.3. The molecular formula is C22H21N3O4S2. The van der Waals surface area contributed by atoms with Crippen molar-refractivity contribution < 1.29 is 14.5 Å². The van der Waals surface area contributed by atoms with Crippen LogP contribution < -0.4 is 5.32 Å². The zero-order chi connectivity index (χ0) is 22.8. The van der Waals surface area contributed by atoms with Gasteiger partial charge in [0.15, 0.2) is 0 Å². The van der Waals surface area contributed by atoms with Crippen LogP contribution in [0.25, 0.3) is 6.08 Å². The molecule has 1 aliphatic heterocycles. The van der Waals surface area contributed by atoms with Crippen LogP contribution in [0.4, 0.5) is 11.4 Å². The fraction of sp³-hybridized carbons (Fsp3) is 0.227. The highest BCUT2D eigenvalue weighted by molar-refractivity contribution is 8.26. The van der Waals surface area contributed by atoms with E-state index in [0.29, 0.717) is 14.9 Å². The van der Waals surface area contributed by atoms with Crippen LogP contribution in [0.1, 0.15) is 31.9 Å². The van der Waals surface area contributed by atoms with Crippen molar-refractivity contribution >= 4 is 57.6 Å². The summed E-state index contributed by atoms with van der Waals surface area (Å²) < 4.78 is 0.307. The molecule has 9 heteroatoms. The van der Waals surface area contributed by atoms with Gasteiger partial charge in [-0.15, -0.1) is 0 Å². The Bertz CT molecular complexity index is 1070. The SMILES string of the molecule is CC(C)(C)c1ccc(/C=C2\SC(=S)N(CC(=O)Nc3ccc([N+](=O)[O-])cc3)C2=O)cc1. The summed E-state index contributed by atoms with van der Waals surface area (Å²) in [4.78, 5) is 37.0. The molecule has 2 amide bonds. The summed E-state index contributed by atoms with van der Waals surface area (Å²) in [6.07, 6.45) is 1.76. The molecular weight excluding hydrogens is 434 g/mol. The van der Waals surface area contributed by atoms with Crippen LogP contribution in [-0.4, -0.2) is 32.5 Å². The molecule has 0 unspecified atom stereocenters. The second-order valence-corrected chi connectivity index (χ2v) is 9.67. The van der Waals surface area contributed by atoms with Gasteiger partial charge in [0.05, 0.1) is 9.83 Å². The Hall–Kier alpha value is -3.04. The molecule has 2 aromatic carbocycles. The normalized spacial score (nSPS) is 15.5. The van der Waals surface area contributed by atoms with Gasteiger partial charge in [0.1, 0.15) is 10.9 Å². The predicted molar refractivity (Wildman–Crippen MR) is 127 cm³/mol. The van der Waals surface area contributed by atoms with E-state index in [4.69, 9.17) is 12.2 Å². The third-order valence-electron chi connectivity index (χ3n) is 4.61. The van der Waals surface area contributed by atoms with Gasteiger partial charge in [-0.3, -0.25) is 24.6 Å². The summed E-state index contributed by atoms with van der Waals surface area (Å²) in [6, 6.07) is 13.4. The molecule has 0 aromatic heterocycles. The standard InChI is InChI=1S/C22H21N3O4S2/c1-22(2,3)15-6-4-14(5-7-15)12-18-20(27)24(21(30)31-18)13-19(26)23-16-8-10-17(11-9-16)25(28)29/h4-12H,13H2,1-3H3,(H,23,26)/b18-12-. The molecule has 2 aromatic rings. The smallest absolute Gasteiger partial charge is 0.269 e. The zero-order valence-electron chi connectivity index (χ0n) is 17.2. The molecule has 0 radical (unpaired) electrons. The molecule has 0 bridgehead atoms. The molecule has 0 saturated carbocycles. The fourth-order valence-corrected chi connectivity index (χ4v) is 4.13. The van der Waals surface area contributed by atoms with Crippen molar-refractivity contribution in [1.29, 1.82) is 0 Å². The number of thioether (sulfide) groups is 1. The molecule has 31 heavy (non-hydrogen) atoms. The van der Waals surface area contributed by atoms with Crippen molar-refractivity contribution in [3.05, 3.63) is 74.7 Å². The number of hydrogen-bond donors (Lipinski definition) is 1. The van der Waals surface area contributed by atoms with E-state index < -0.39 is 10.8 Å². The van der Waals surface area contributed by atoms with Gasteiger partial charge in [0.2, 0.25) is 5.91 Å². The average molecular weight is 456 g/mol. The first kappa shape index (κ1) is 22.6. The summed E-state index contributed by atoms with van der Waals surface area (Å²) >= 11 is 6.44. The quantitative estimate of drug-likeness (QED) is 0.303. The number of thiocarbonyl (C=S) groups is 1. The van der Waals surface area contributed by atoms with Gasteiger partial charge in [0.25, 0.3) is 11.6 Å². The summed E-state index contributed by atoms with van der Waals surface area (Å²) in [6.45, 7) is 6.17. The highest BCUT2D eigenvalue weighted by Crippen LogP contribution is 2.33. The van der Waals surface area contributed by atoms with Crippen molar-refractivity contribution in [2.75, 3.05) is 11.9 Å². The Morgan fingerprint density at radius 2 is 1.77 bits per heavy atom. The average Bonchev–Trinajstić information content (AvgIpc) is 2.95. The van der Waals surface area contributed by atoms with E-state index >= 15 is 0 Å². The molecule has 1 N–H and O–H groups in total. The van der Waals surface area contributed by atoms with Crippen LogP contribution in [0.2, 0.25) is 0 Å². The summed E-state index contributed by atoms with van der Waals surface area (Å²) in [5.74, 6) is -0.769. The lowest BCUT2D eigenvalue weighted by atomic mass is 9.87. The minimum Gasteiger partial charge on any atom is -0.325 e. The van der Waals surface area contributed by atoms with Crippen molar-refractivity contribution in [2.45, 2.75) is 26.2 Å². The van der Waals surface area contributed by atoms with Crippen molar-refractivity contribution in [3.63, 3.8) is 0 Å². The van der Waals surface area contributed by atoms with E-state index in [9.17, 15) is 19.7 Å². The topological polar surface area (TPSA) is 92.6 Å². The number of hydrogen-bond acceptors (Lipinski definition) is 6. The Kier molecular flexibility index (Phi) is 6.56.